The fourth-order valence-corrected chi connectivity index (χ4v) is 2.39. The van der Waals surface area contributed by atoms with Gasteiger partial charge in [0.1, 0.15) is 18.5 Å². The molecule has 1 aromatic heterocycles. The second-order valence-electron chi connectivity index (χ2n) is 6.04. The number of aromatic nitrogens is 1. The van der Waals surface area contributed by atoms with Gasteiger partial charge >= 0.3 is 0 Å². The zero-order valence-electron chi connectivity index (χ0n) is 16.9. The molecule has 0 spiro atoms. The smallest absolute Gasteiger partial charge is 0.213 e. The van der Waals surface area contributed by atoms with Crippen molar-refractivity contribution >= 4 is 41.5 Å². The molecule has 1 heterocycles. The third-order valence-corrected chi connectivity index (χ3v) is 3.98. The van der Waals surface area contributed by atoms with Crippen molar-refractivity contribution < 1.29 is 14.2 Å². The topological polar surface area (TPSA) is 77.0 Å². The average molecular weight is 535 g/mol. The Morgan fingerprint density at radius 3 is 2.52 bits per heavy atom. The number of aliphatic imine (C=N–C) groups is 1. The van der Waals surface area contributed by atoms with Crippen molar-refractivity contribution in [2.75, 3.05) is 33.9 Å². The van der Waals surface area contributed by atoms with E-state index in [9.17, 15) is 0 Å². The van der Waals surface area contributed by atoms with Crippen LogP contribution in [0.25, 0.3) is 0 Å². The Hall–Kier alpha value is -1.78. The molecule has 2 N–H and O–H groups in total. The van der Waals surface area contributed by atoms with Crippen LogP contribution in [0.5, 0.6) is 11.6 Å². The Morgan fingerprint density at radius 2 is 1.90 bits per heavy atom. The molecule has 0 aliphatic rings. The molecule has 1 aromatic carbocycles. The molecule has 1 atom stereocenters. The van der Waals surface area contributed by atoms with E-state index < -0.39 is 0 Å². The third kappa shape index (κ3) is 10.00. The van der Waals surface area contributed by atoms with E-state index in [1.165, 1.54) is 0 Å². The zero-order valence-corrected chi connectivity index (χ0v) is 19.9. The van der Waals surface area contributed by atoms with Crippen molar-refractivity contribution in [2.24, 2.45) is 4.99 Å². The van der Waals surface area contributed by atoms with Gasteiger partial charge in [0.25, 0.3) is 0 Å². The van der Waals surface area contributed by atoms with Crippen LogP contribution in [0.1, 0.15) is 12.5 Å². The lowest BCUT2D eigenvalue weighted by Crippen LogP contribution is -2.41. The van der Waals surface area contributed by atoms with Crippen molar-refractivity contribution in [2.45, 2.75) is 19.6 Å². The quantitative estimate of drug-likeness (QED) is 0.210. The Labute approximate surface area is 194 Å². The number of rotatable bonds is 10. The van der Waals surface area contributed by atoms with Crippen LogP contribution in [-0.2, 0) is 11.3 Å². The first kappa shape index (κ1) is 25.3. The summed E-state index contributed by atoms with van der Waals surface area (Å²) in [5.74, 6) is 2.05. The van der Waals surface area contributed by atoms with Gasteiger partial charge in [0.2, 0.25) is 5.88 Å². The number of methoxy groups -OCH3 is 1. The van der Waals surface area contributed by atoms with Crippen LogP contribution >= 0.6 is 35.6 Å². The number of ether oxygens (including phenoxy) is 3. The predicted molar refractivity (Wildman–Crippen MR) is 127 cm³/mol. The van der Waals surface area contributed by atoms with Crippen molar-refractivity contribution in [1.82, 2.24) is 15.6 Å². The van der Waals surface area contributed by atoms with Crippen molar-refractivity contribution in [3.05, 3.63) is 53.2 Å². The molecule has 0 amide bonds. The molecule has 0 aliphatic heterocycles. The molecular weight excluding hydrogens is 507 g/mol. The lowest BCUT2D eigenvalue weighted by atomic mass is 10.3. The second kappa shape index (κ2) is 14.2. The monoisotopic (exact) mass is 534 g/mol. The number of benzene rings is 1. The van der Waals surface area contributed by atoms with E-state index in [0.29, 0.717) is 43.2 Å². The number of guanidine groups is 1. The normalized spacial score (nSPS) is 11.9. The van der Waals surface area contributed by atoms with Crippen molar-refractivity contribution in [3.63, 3.8) is 0 Å². The predicted octanol–water partition coefficient (Wildman–Crippen LogP) is 3.51. The first-order valence-electron chi connectivity index (χ1n) is 9.04. The molecule has 0 radical (unpaired) electrons. The molecule has 29 heavy (non-hydrogen) atoms. The molecule has 0 fully saturated rings. The highest BCUT2D eigenvalue weighted by atomic mass is 127. The third-order valence-electron chi connectivity index (χ3n) is 3.73. The lowest BCUT2D eigenvalue weighted by Gasteiger charge is -2.18. The van der Waals surface area contributed by atoms with E-state index in [0.717, 1.165) is 11.3 Å². The number of hydrogen-bond donors (Lipinski definition) is 2. The number of hydrogen-bond acceptors (Lipinski definition) is 5. The van der Waals surface area contributed by atoms with Crippen LogP contribution in [0.2, 0.25) is 5.02 Å². The first-order chi connectivity index (χ1) is 13.6. The summed E-state index contributed by atoms with van der Waals surface area (Å²) >= 11 is 5.88. The fraction of sp³-hybridized carbons (Fsp3) is 0.400. The highest BCUT2D eigenvalue weighted by molar-refractivity contribution is 14.0. The van der Waals surface area contributed by atoms with Gasteiger partial charge in [-0.15, -0.1) is 24.0 Å². The van der Waals surface area contributed by atoms with E-state index in [1.54, 1.807) is 32.5 Å². The summed E-state index contributed by atoms with van der Waals surface area (Å²) in [4.78, 5) is 8.50. The number of pyridine rings is 1. The van der Waals surface area contributed by atoms with Gasteiger partial charge < -0.3 is 24.8 Å². The standard InChI is InChI=1S/C20H27ClN4O3.HI/c1-15(28-18-7-5-17(21)6-8-18)12-24-20(22-2)25-14-16-4-9-19(23-13-16)27-11-10-26-3;/h4-9,13,15H,10-12,14H2,1-3H3,(H2,22,24,25);1H. The zero-order chi connectivity index (χ0) is 20.2. The van der Waals surface area contributed by atoms with E-state index in [1.807, 2.05) is 31.2 Å². The van der Waals surface area contributed by atoms with Gasteiger partial charge in [-0.05, 0) is 36.8 Å². The summed E-state index contributed by atoms with van der Waals surface area (Å²) in [7, 11) is 3.36. The van der Waals surface area contributed by atoms with Crippen LogP contribution < -0.4 is 20.1 Å². The molecular formula is C20H28ClIN4O3. The maximum absolute atomic E-state index is 5.88. The SMILES string of the molecule is CN=C(NCc1ccc(OCCOC)nc1)NCC(C)Oc1ccc(Cl)cc1.I. The minimum atomic E-state index is -0.0371. The Balaban J connectivity index is 0.00000420. The highest BCUT2D eigenvalue weighted by Gasteiger charge is 2.06. The molecule has 160 valence electrons. The fourth-order valence-electron chi connectivity index (χ4n) is 2.26. The summed E-state index contributed by atoms with van der Waals surface area (Å²) < 4.78 is 16.2. The number of halogens is 2. The van der Waals surface area contributed by atoms with Gasteiger partial charge in [0.05, 0.1) is 13.2 Å². The van der Waals surface area contributed by atoms with Gasteiger partial charge in [-0.3, -0.25) is 4.99 Å². The Kier molecular flexibility index (Phi) is 12.4. The van der Waals surface area contributed by atoms with Crippen LogP contribution in [-0.4, -0.2) is 51.0 Å². The van der Waals surface area contributed by atoms with E-state index in [4.69, 9.17) is 25.8 Å². The van der Waals surface area contributed by atoms with Crippen LogP contribution in [0.4, 0.5) is 0 Å². The largest absolute Gasteiger partial charge is 0.489 e. The molecule has 2 rings (SSSR count). The minimum Gasteiger partial charge on any atom is -0.489 e. The molecule has 9 heteroatoms. The Morgan fingerprint density at radius 1 is 1.14 bits per heavy atom. The van der Waals surface area contributed by atoms with Gasteiger partial charge in [-0.2, -0.15) is 0 Å². The molecule has 1 unspecified atom stereocenters. The molecule has 7 nitrogen and oxygen atoms in total. The van der Waals surface area contributed by atoms with E-state index in [2.05, 4.69) is 20.6 Å². The van der Waals surface area contributed by atoms with E-state index in [-0.39, 0.29) is 30.1 Å². The van der Waals surface area contributed by atoms with Crippen LogP contribution in [0.15, 0.2) is 47.6 Å². The molecule has 0 saturated heterocycles. The summed E-state index contributed by atoms with van der Waals surface area (Å²) in [5, 5.41) is 7.18. The molecule has 2 aromatic rings. The average Bonchev–Trinajstić information content (AvgIpc) is 2.71. The van der Waals surface area contributed by atoms with Gasteiger partial charge in [-0.1, -0.05) is 17.7 Å². The van der Waals surface area contributed by atoms with Crippen molar-refractivity contribution in [3.8, 4) is 11.6 Å². The van der Waals surface area contributed by atoms with E-state index >= 15 is 0 Å². The van der Waals surface area contributed by atoms with Crippen molar-refractivity contribution in [1.29, 1.82) is 0 Å². The molecule has 0 aliphatic carbocycles. The number of nitrogens with zero attached hydrogens (tertiary/aromatic N) is 2. The summed E-state index contributed by atoms with van der Waals surface area (Å²) in [6, 6.07) is 11.1. The summed E-state index contributed by atoms with van der Waals surface area (Å²) in [6.45, 7) is 4.20. The summed E-state index contributed by atoms with van der Waals surface area (Å²) in [5.41, 5.74) is 1.02. The van der Waals surface area contributed by atoms with Gasteiger partial charge in [0.15, 0.2) is 5.96 Å². The van der Waals surface area contributed by atoms with Crippen LogP contribution in [0, 0.1) is 0 Å². The van der Waals surface area contributed by atoms with Gasteiger partial charge in [0, 0.05) is 38.0 Å². The minimum absolute atomic E-state index is 0. The van der Waals surface area contributed by atoms with Gasteiger partial charge in [-0.25, -0.2) is 4.98 Å². The summed E-state index contributed by atoms with van der Waals surface area (Å²) in [6.07, 6.45) is 1.74. The maximum atomic E-state index is 5.88. The second-order valence-corrected chi connectivity index (χ2v) is 6.47. The number of nitrogens with one attached hydrogen (secondary N) is 2. The first-order valence-corrected chi connectivity index (χ1v) is 9.42. The molecule has 0 saturated carbocycles. The Bertz CT molecular complexity index is 730. The highest BCUT2D eigenvalue weighted by Crippen LogP contribution is 2.16. The van der Waals surface area contributed by atoms with Crippen LogP contribution in [0.3, 0.4) is 0 Å². The maximum Gasteiger partial charge on any atom is 0.213 e. The lowest BCUT2D eigenvalue weighted by molar-refractivity contribution is 0.143. The molecule has 0 bridgehead atoms.